The Balaban J connectivity index is 1.70. The summed E-state index contributed by atoms with van der Waals surface area (Å²) in [4.78, 5) is 22.2. The summed E-state index contributed by atoms with van der Waals surface area (Å²) in [5.74, 6) is 0. The van der Waals surface area contributed by atoms with Gasteiger partial charge in [-0.15, -0.1) is 11.3 Å². The first-order chi connectivity index (χ1) is 12.1. The van der Waals surface area contributed by atoms with Gasteiger partial charge in [-0.05, 0) is 26.0 Å². The molecule has 0 atom stereocenters. The molecule has 6 heteroatoms. The molecule has 3 aromatic rings. The molecule has 0 aliphatic heterocycles. The van der Waals surface area contributed by atoms with E-state index in [1.165, 1.54) is 11.3 Å². The van der Waals surface area contributed by atoms with Crippen molar-refractivity contribution in [2.24, 2.45) is 5.16 Å². The quantitative estimate of drug-likeness (QED) is 0.404. The molecule has 0 radical (unpaired) electrons. The fourth-order valence-electron chi connectivity index (χ4n) is 2.25. The second-order valence-corrected chi connectivity index (χ2v) is 6.35. The van der Waals surface area contributed by atoms with Crippen molar-refractivity contribution < 1.29 is 9.63 Å². The number of thiazole rings is 1. The highest BCUT2D eigenvalue weighted by atomic mass is 32.1. The zero-order valence-corrected chi connectivity index (χ0v) is 14.7. The molecule has 1 N–H and O–H groups in total. The van der Waals surface area contributed by atoms with E-state index in [1.807, 2.05) is 55.5 Å². The molecule has 0 spiro atoms. The van der Waals surface area contributed by atoms with Crippen molar-refractivity contribution in [3.8, 4) is 10.6 Å². The third-order valence-electron chi connectivity index (χ3n) is 3.43. The molecule has 0 aliphatic carbocycles. The molecule has 0 saturated carbocycles. The van der Waals surface area contributed by atoms with Gasteiger partial charge in [-0.25, -0.2) is 9.78 Å². The summed E-state index contributed by atoms with van der Waals surface area (Å²) in [6.45, 7) is 3.71. The van der Waals surface area contributed by atoms with Crippen LogP contribution in [0, 0.1) is 6.92 Å². The Morgan fingerprint density at radius 1 is 1.08 bits per heavy atom. The van der Waals surface area contributed by atoms with Crippen LogP contribution in [0.5, 0.6) is 0 Å². The number of para-hydroxylation sites is 1. The van der Waals surface area contributed by atoms with Crippen molar-refractivity contribution in [2.75, 3.05) is 5.32 Å². The summed E-state index contributed by atoms with van der Waals surface area (Å²) in [7, 11) is 0. The van der Waals surface area contributed by atoms with E-state index < -0.39 is 6.09 Å². The number of oxime groups is 1. The molecular weight excluding hydrogens is 334 g/mol. The minimum absolute atomic E-state index is 0.611. The average molecular weight is 351 g/mol. The van der Waals surface area contributed by atoms with Gasteiger partial charge in [0.15, 0.2) is 0 Å². The first kappa shape index (κ1) is 16.9. The van der Waals surface area contributed by atoms with Gasteiger partial charge in [0.25, 0.3) is 0 Å². The van der Waals surface area contributed by atoms with Gasteiger partial charge >= 0.3 is 6.09 Å². The van der Waals surface area contributed by atoms with Crippen molar-refractivity contribution in [1.82, 2.24) is 4.98 Å². The van der Waals surface area contributed by atoms with Crippen LogP contribution in [-0.2, 0) is 4.84 Å². The lowest BCUT2D eigenvalue weighted by atomic mass is 10.2. The summed E-state index contributed by atoms with van der Waals surface area (Å²) in [5, 5.41) is 7.46. The van der Waals surface area contributed by atoms with Crippen molar-refractivity contribution in [3.05, 3.63) is 71.2 Å². The van der Waals surface area contributed by atoms with Gasteiger partial charge in [0.05, 0.1) is 16.3 Å². The predicted octanol–water partition coefficient (Wildman–Crippen LogP) is 5.09. The Kier molecular flexibility index (Phi) is 5.20. The largest absolute Gasteiger partial charge is 0.437 e. The van der Waals surface area contributed by atoms with Gasteiger partial charge in [-0.1, -0.05) is 53.7 Å². The summed E-state index contributed by atoms with van der Waals surface area (Å²) < 4.78 is 0. The van der Waals surface area contributed by atoms with E-state index in [1.54, 1.807) is 19.1 Å². The minimum atomic E-state index is -0.629. The maximum atomic E-state index is 11.8. The minimum Gasteiger partial charge on any atom is -0.297 e. The van der Waals surface area contributed by atoms with Crippen LogP contribution < -0.4 is 5.32 Å². The lowest BCUT2D eigenvalue weighted by Gasteiger charge is -2.02. The number of carbonyl (C=O) groups is 1. The number of nitrogens with one attached hydrogen (secondary N) is 1. The standard InChI is InChI=1S/C19H17N3O2S/c1-13-17(25-18(20-13)15-9-5-3-6-10-15)14(2)22-24-19(23)21-16-11-7-4-8-12-16/h3-12H,1-2H3,(H,21,23). The molecule has 1 amide bonds. The first-order valence-electron chi connectivity index (χ1n) is 7.74. The molecular formula is C19H17N3O2S. The van der Waals surface area contributed by atoms with Gasteiger partial charge in [-0.2, -0.15) is 0 Å². The topological polar surface area (TPSA) is 63.6 Å². The van der Waals surface area contributed by atoms with Crippen LogP contribution in [0.1, 0.15) is 17.5 Å². The van der Waals surface area contributed by atoms with Crippen LogP contribution in [0.4, 0.5) is 10.5 Å². The fraction of sp³-hybridized carbons (Fsp3) is 0.105. The molecule has 0 fully saturated rings. The molecule has 2 aromatic carbocycles. The monoisotopic (exact) mass is 351 g/mol. The van der Waals surface area contributed by atoms with Gasteiger partial charge in [0.2, 0.25) is 0 Å². The maximum Gasteiger partial charge on any atom is 0.437 e. The van der Waals surface area contributed by atoms with E-state index in [-0.39, 0.29) is 0 Å². The fourth-order valence-corrected chi connectivity index (χ4v) is 3.26. The highest BCUT2D eigenvalue weighted by Gasteiger charge is 2.13. The van der Waals surface area contributed by atoms with E-state index in [0.717, 1.165) is 21.1 Å². The second-order valence-electron chi connectivity index (χ2n) is 5.35. The van der Waals surface area contributed by atoms with Crippen molar-refractivity contribution >= 4 is 28.8 Å². The van der Waals surface area contributed by atoms with Gasteiger partial charge in [0, 0.05) is 11.3 Å². The normalized spacial score (nSPS) is 11.2. The molecule has 25 heavy (non-hydrogen) atoms. The summed E-state index contributed by atoms with van der Waals surface area (Å²) in [6.07, 6.45) is -0.629. The van der Waals surface area contributed by atoms with Crippen LogP contribution in [0.25, 0.3) is 10.6 Å². The van der Waals surface area contributed by atoms with Crippen LogP contribution in [0.2, 0.25) is 0 Å². The molecule has 1 heterocycles. The number of anilines is 1. The van der Waals surface area contributed by atoms with Gasteiger partial charge in [0.1, 0.15) is 5.01 Å². The summed E-state index contributed by atoms with van der Waals surface area (Å²) >= 11 is 1.52. The Bertz CT molecular complexity index is 890. The Morgan fingerprint density at radius 2 is 1.72 bits per heavy atom. The number of nitrogens with zero attached hydrogens (tertiary/aromatic N) is 2. The molecule has 0 bridgehead atoms. The van der Waals surface area contributed by atoms with Crippen LogP contribution in [0.3, 0.4) is 0 Å². The summed E-state index contributed by atoms with van der Waals surface area (Å²) in [6, 6.07) is 19.0. The number of benzene rings is 2. The molecule has 5 nitrogen and oxygen atoms in total. The van der Waals surface area contributed by atoms with E-state index in [0.29, 0.717) is 11.4 Å². The lowest BCUT2D eigenvalue weighted by Crippen LogP contribution is -2.11. The number of hydrogen-bond donors (Lipinski definition) is 1. The molecule has 0 aliphatic rings. The van der Waals surface area contributed by atoms with Crippen molar-refractivity contribution in [2.45, 2.75) is 13.8 Å². The van der Waals surface area contributed by atoms with Crippen LogP contribution in [-0.4, -0.2) is 16.8 Å². The van der Waals surface area contributed by atoms with E-state index >= 15 is 0 Å². The summed E-state index contributed by atoms with van der Waals surface area (Å²) in [5.41, 5.74) is 3.18. The third-order valence-corrected chi connectivity index (χ3v) is 4.75. The lowest BCUT2D eigenvalue weighted by molar-refractivity contribution is 0.166. The Hall–Kier alpha value is -2.99. The average Bonchev–Trinajstić information content (AvgIpc) is 3.03. The highest BCUT2D eigenvalue weighted by Crippen LogP contribution is 2.28. The van der Waals surface area contributed by atoms with Crippen molar-refractivity contribution in [1.29, 1.82) is 0 Å². The van der Waals surface area contributed by atoms with Crippen molar-refractivity contribution in [3.63, 3.8) is 0 Å². The van der Waals surface area contributed by atoms with E-state index in [9.17, 15) is 4.79 Å². The van der Waals surface area contributed by atoms with Gasteiger partial charge in [-0.3, -0.25) is 10.2 Å². The molecule has 0 unspecified atom stereocenters. The maximum absolute atomic E-state index is 11.8. The zero-order valence-electron chi connectivity index (χ0n) is 13.9. The van der Waals surface area contributed by atoms with Crippen LogP contribution in [0.15, 0.2) is 65.8 Å². The Morgan fingerprint density at radius 3 is 2.40 bits per heavy atom. The number of amides is 1. The third kappa shape index (κ3) is 4.30. The SMILES string of the molecule is CC(=NOC(=O)Nc1ccccc1)c1sc(-c2ccccc2)nc1C. The number of aromatic nitrogens is 1. The van der Waals surface area contributed by atoms with E-state index in [4.69, 9.17) is 4.84 Å². The smallest absolute Gasteiger partial charge is 0.297 e. The number of carbonyl (C=O) groups excluding carboxylic acids is 1. The molecule has 0 saturated heterocycles. The van der Waals surface area contributed by atoms with E-state index in [2.05, 4.69) is 15.5 Å². The number of hydrogen-bond acceptors (Lipinski definition) is 5. The number of aryl methyl sites for hydroxylation is 1. The van der Waals surface area contributed by atoms with Gasteiger partial charge < -0.3 is 0 Å². The second kappa shape index (κ2) is 7.72. The number of rotatable bonds is 4. The highest BCUT2D eigenvalue weighted by molar-refractivity contribution is 7.17. The first-order valence-corrected chi connectivity index (χ1v) is 8.56. The molecule has 126 valence electrons. The van der Waals surface area contributed by atoms with Crippen LogP contribution >= 0.6 is 11.3 Å². The zero-order chi connectivity index (χ0) is 17.6. The molecule has 3 rings (SSSR count). The molecule has 1 aromatic heterocycles. The predicted molar refractivity (Wildman–Crippen MR) is 101 cm³/mol. The Labute approximate surface area is 150 Å².